The lowest BCUT2D eigenvalue weighted by atomic mass is 10.1. The van der Waals surface area contributed by atoms with Crippen LogP contribution in [0.1, 0.15) is 24.0 Å². The van der Waals surface area contributed by atoms with Crippen molar-refractivity contribution in [2.45, 2.75) is 37.0 Å². The van der Waals surface area contributed by atoms with Crippen molar-refractivity contribution in [3.63, 3.8) is 0 Å². The number of benzene rings is 1. The predicted molar refractivity (Wildman–Crippen MR) is 111 cm³/mol. The number of sulfonamides is 1. The third-order valence-corrected chi connectivity index (χ3v) is 9.41. The lowest BCUT2D eigenvalue weighted by Crippen LogP contribution is -2.41. The molecule has 144 valence electrons. The molecule has 0 unspecified atom stereocenters. The molecule has 4 rings (SSSR count). The Labute approximate surface area is 171 Å². The van der Waals surface area contributed by atoms with E-state index in [1.54, 1.807) is 23.5 Å². The first-order chi connectivity index (χ1) is 12.8. The number of hydrogen-bond donors (Lipinski definition) is 0. The Balaban J connectivity index is 1.44. The molecule has 5 nitrogen and oxygen atoms in total. The Hall–Kier alpha value is -1.19. The minimum atomic E-state index is -3.47. The molecular weight excluding hydrogens is 424 g/mol. The van der Waals surface area contributed by atoms with Gasteiger partial charge in [-0.1, -0.05) is 35.1 Å². The summed E-state index contributed by atoms with van der Waals surface area (Å²) in [7, 11) is -3.47. The Morgan fingerprint density at radius 3 is 2.44 bits per heavy atom. The molecule has 0 bridgehead atoms. The quantitative estimate of drug-likeness (QED) is 0.578. The summed E-state index contributed by atoms with van der Waals surface area (Å²) < 4.78 is 34.9. The van der Waals surface area contributed by atoms with Crippen molar-refractivity contribution >= 4 is 54.5 Å². The largest absolute Gasteiger partial charge is 0.467 e. The van der Waals surface area contributed by atoms with Crippen LogP contribution in [0, 0.1) is 13.8 Å². The van der Waals surface area contributed by atoms with Crippen LogP contribution in [-0.4, -0.2) is 36.9 Å². The maximum absolute atomic E-state index is 12.7. The molecule has 3 aromatic rings. The number of ether oxygens (including phenoxy) is 1. The van der Waals surface area contributed by atoms with Crippen molar-refractivity contribution < 1.29 is 13.2 Å². The number of halogens is 1. The van der Waals surface area contributed by atoms with E-state index in [9.17, 15) is 8.42 Å². The van der Waals surface area contributed by atoms with E-state index in [0.29, 0.717) is 39.7 Å². The summed E-state index contributed by atoms with van der Waals surface area (Å²) in [6.45, 7) is 4.99. The molecular formula is C18H19ClN2O3S3. The maximum atomic E-state index is 12.7. The summed E-state index contributed by atoms with van der Waals surface area (Å²) >= 11 is 8.54. The van der Waals surface area contributed by atoms with Crippen molar-refractivity contribution in [2.24, 2.45) is 0 Å². The average Bonchev–Trinajstić information content (AvgIpc) is 3.26. The van der Waals surface area contributed by atoms with Gasteiger partial charge in [0.05, 0.1) is 14.6 Å². The summed E-state index contributed by atoms with van der Waals surface area (Å²) in [5.74, 6) is 0. The van der Waals surface area contributed by atoms with Gasteiger partial charge in [-0.2, -0.15) is 4.31 Å². The molecule has 1 saturated heterocycles. The SMILES string of the molecule is Cc1ccc(C)c2sc(OC3CCN(S(=O)(=O)c4ccc(Cl)s4)CC3)nc12. The lowest BCUT2D eigenvalue weighted by Gasteiger charge is -2.30. The third kappa shape index (κ3) is 3.73. The predicted octanol–water partition coefficient (Wildman–Crippen LogP) is 4.86. The van der Waals surface area contributed by atoms with Gasteiger partial charge in [0, 0.05) is 13.1 Å². The molecule has 0 spiro atoms. The monoisotopic (exact) mass is 442 g/mol. The topological polar surface area (TPSA) is 59.5 Å². The lowest BCUT2D eigenvalue weighted by molar-refractivity contribution is 0.135. The van der Waals surface area contributed by atoms with Crippen LogP contribution in [0.5, 0.6) is 5.19 Å². The number of aryl methyl sites for hydroxylation is 2. The molecule has 1 fully saturated rings. The van der Waals surface area contributed by atoms with Gasteiger partial charge in [0.25, 0.3) is 15.2 Å². The molecule has 1 aliphatic heterocycles. The Morgan fingerprint density at radius 1 is 1.11 bits per heavy atom. The minimum Gasteiger partial charge on any atom is -0.467 e. The number of fused-ring (bicyclic) bond motifs is 1. The molecule has 2 aromatic heterocycles. The maximum Gasteiger partial charge on any atom is 0.274 e. The van der Waals surface area contributed by atoms with Gasteiger partial charge in [-0.05, 0) is 49.9 Å². The number of nitrogens with zero attached hydrogens (tertiary/aromatic N) is 2. The van der Waals surface area contributed by atoms with Crippen molar-refractivity contribution in [1.29, 1.82) is 0 Å². The van der Waals surface area contributed by atoms with Crippen LogP contribution < -0.4 is 4.74 Å². The van der Waals surface area contributed by atoms with Gasteiger partial charge in [0.15, 0.2) is 0 Å². The molecule has 27 heavy (non-hydrogen) atoms. The first-order valence-electron chi connectivity index (χ1n) is 8.63. The Morgan fingerprint density at radius 2 is 1.81 bits per heavy atom. The summed E-state index contributed by atoms with van der Waals surface area (Å²) in [6, 6.07) is 7.35. The van der Waals surface area contributed by atoms with Crippen LogP contribution in [0.25, 0.3) is 10.2 Å². The van der Waals surface area contributed by atoms with E-state index in [4.69, 9.17) is 16.3 Å². The van der Waals surface area contributed by atoms with Gasteiger partial charge in [-0.3, -0.25) is 0 Å². The van der Waals surface area contributed by atoms with Crippen molar-refractivity contribution in [3.05, 3.63) is 39.7 Å². The molecule has 3 heterocycles. The molecule has 0 aliphatic carbocycles. The van der Waals surface area contributed by atoms with E-state index < -0.39 is 10.0 Å². The number of thiazole rings is 1. The highest BCUT2D eigenvalue weighted by atomic mass is 35.5. The summed E-state index contributed by atoms with van der Waals surface area (Å²) in [5.41, 5.74) is 3.32. The fourth-order valence-electron chi connectivity index (χ4n) is 3.19. The Kier molecular flexibility index (Phi) is 5.20. The van der Waals surface area contributed by atoms with Crippen LogP contribution in [0.3, 0.4) is 0 Å². The zero-order valence-corrected chi connectivity index (χ0v) is 18.1. The van der Waals surface area contributed by atoms with Crippen molar-refractivity contribution in [3.8, 4) is 5.19 Å². The highest BCUT2D eigenvalue weighted by Crippen LogP contribution is 2.34. The van der Waals surface area contributed by atoms with Gasteiger partial charge in [-0.25, -0.2) is 13.4 Å². The minimum absolute atomic E-state index is 0.0236. The number of thiophene rings is 1. The number of rotatable bonds is 4. The second kappa shape index (κ2) is 7.33. The van der Waals surface area contributed by atoms with Gasteiger partial charge < -0.3 is 4.74 Å². The van der Waals surface area contributed by atoms with Crippen LogP contribution in [0.15, 0.2) is 28.5 Å². The van der Waals surface area contributed by atoms with Gasteiger partial charge in [-0.15, -0.1) is 11.3 Å². The third-order valence-electron chi connectivity index (χ3n) is 4.73. The van der Waals surface area contributed by atoms with Gasteiger partial charge >= 0.3 is 0 Å². The van der Waals surface area contributed by atoms with E-state index in [1.165, 1.54) is 9.87 Å². The van der Waals surface area contributed by atoms with Crippen molar-refractivity contribution in [1.82, 2.24) is 9.29 Å². The standard InChI is InChI=1S/C18H19ClN2O3S3/c1-11-3-4-12(2)17-16(11)20-18(26-17)24-13-7-9-21(10-8-13)27(22,23)15-6-5-14(19)25-15/h3-6,13H,7-10H2,1-2H3. The number of hydrogen-bond acceptors (Lipinski definition) is 6. The molecule has 0 radical (unpaired) electrons. The second-order valence-corrected chi connectivity index (χ2v) is 11.5. The summed E-state index contributed by atoms with van der Waals surface area (Å²) in [6.07, 6.45) is 1.27. The number of aromatic nitrogens is 1. The second-order valence-electron chi connectivity index (χ2n) is 6.64. The molecule has 1 aliphatic rings. The van der Waals surface area contributed by atoms with E-state index in [1.807, 2.05) is 6.92 Å². The van der Waals surface area contributed by atoms with Crippen LogP contribution >= 0.6 is 34.3 Å². The van der Waals surface area contributed by atoms with E-state index in [0.717, 1.165) is 27.1 Å². The molecule has 1 aromatic carbocycles. The van der Waals surface area contributed by atoms with E-state index in [2.05, 4.69) is 24.0 Å². The summed E-state index contributed by atoms with van der Waals surface area (Å²) in [4.78, 5) is 4.64. The Bertz CT molecular complexity index is 1040. The number of piperidine rings is 1. The molecule has 0 amide bonds. The molecule has 0 atom stereocenters. The summed E-state index contributed by atoms with van der Waals surface area (Å²) in [5, 5.41) is 0.661. The molecule has 0 saturated carbocycles. The van der Waals surface area contributed by atoms with Crippen LogP contribution in [0.4, 0.5) is 0 Å². The van der Waals surface area contributed by atoms with Crippen LogP contribution in [0.2, 0.25) is 4.34 Å². The highest BCUT2D eigenvalue weighted by Gasteiger charge is 2.31. The first kappa shape index (κ1) is 19.1. The van der Waals surface area contributed by atoms with E-state index >= 15 is 0 Å². The normalized spacial score (nSPS) is 16.9. The average molecular weight is 443 g/mol. The van der Waals surface area contributed by atoms with Gasteiger partial charge in [0.1, 0.15) is 10.3 Å². The van der Waals surface area contributed by atoms with E-state index in [-0.39, 0.29) is 6.10 Å². The fraction of sp³-hybridized carbons (Fsp3) is 0.389. The fourth-order valence-corrected chi connectivity index (χ4v) is 7.32. The molecule has 0 N–H and O–H groups in total. The smallest absolute Gasteiger partial charge is 0.274 e. The zero-order valence-electron chi connectivity index (χ0n) is 14.9. The highest BCUT2D eigenvalue weighted by molar-refractivity contribution is 7.91. The zero-order chi connectivity index (χ0) is 19.2. The van der Waals surface area contributed by atoms with Crippen LogP contribution in [-0.2, 0) is 10.0 Å². The molecule has 9 heteroatoms. The van der Waals surface area contributed by atoms with Gasteiger partial charge in [0.2, 0.25) is 0 Å². The van der Waals surface area contributed by atoms with Crippen molar-refractivity contribution in [2.75, 3.05) is 13.1 Å². The first-order valence-corrected chi connectivity index (χ1v) is 12.1.